The molecule has 3 rings (SSSR count). The van der Waals surface area contributed by atoms with Gasteiger partial charge in [-0.25, -0.2) is 4.79 Å². The zero-order valence-corrected chi connectivity index (χ0v) is 12.6. The van der Waals surface area contributed by atoms with Gasteiger partial charge in [-0.1, -0.05) is 6.92 Å². The first-order valence-corrected chi connectivity index (χ1v) is 7.94. The standard InChI is InChI=1S/C15H23N3O3/c1-11-4-6-15(7-5-11)13(20)18(14(21)16-15)10-12(19)17-8-2-3-9-17/h11H,2-10H2,1H3,(H,16,21). The Balaban J connectivity index is 1.67. The molecule has 3 fully saturated rings. The van der Waals surface area contributed by atoms with Crippen molar-refractivity contribution in [3.63, 3.8) is 0 Å². The lowest BCUT2D eigenvalue weighted by Crippen LogP contribution is -2.50. The Labute approximate surface area is 124 Å². The lowest BCUT2D eigenvalue weighted by atomic mass is 9.77. The third-order valence-corrected chi connectivity index (χ3v) is 5.13. The summed E-state index contributed by atoms with van der Waals surface area (Å²) >= 11 is 0. The van der Waals surface area contributed by atoms with Crippen LogP contribution in [0, 0.1) is 5.92 Å². The van der Waals surface area contributed by atoms with Crippen LogP contribution < -0.4 is 5.32 Å². The van der Waals surface area contributed by atoms with Crippen LogP contribution >= 0.6 is 0 Å². The van der Waals surface area contributed by atoms with Crippen LogP contribution in [0.3, 0.4) is 0 Å². The van der Waals surface area contributed by atoms with E-state index in [0.29, 0.717) is 18.8 Å². The van der Waals surface area contributed by atoms with Crippen LogP contribution in [-0.2, 0) is 9.59 Å². The molecule has 116 valence electrons. The Kier molecular flexibility index (Phi) is 3.63. The van der Waals surface area contributed by atoms with Gasteiger partial charge < -0.3 is 10.2 Å². The summed E-state index contributed by atoms with van der Waals surface area (Å²) < 4.78 is 0. The molecule has 3 aliphatic rings. The van der Waals surface area contributed by atoms with E-state index in [4.69, 9.17) is 0 Å². The Hall–Kier alpha value is -1.59. The predicted octanol–water partition coefficient (Wildman–Crippen LogP) is 1.11. The molecule has 1 N–H and O–H groups in total. The van der Waals surface area contributed by atoms with Crippen molar-refractivity contribution in [3.05, 3.63) is 0 Å². The van der Waals surface area contributed by atoms with Gasteiger partial charge in [0.2, 0.25) is 5.91 Å². The molecule has 1 spiro atoms. The number of hydrogen-bond donors (Lipinski definition) is 1. The number of urea groups is 1. The van der Waals surface area contributed by atoms with Gasteiger partial charge in [0.25, 0.3) is 5.91 Å². The highest BCUT2D eigenvalue weighted by Crippen LogP contribution is 2.36. The lowest BCUT2D eigenvalue weighted by Gasteiger charge is -2.33. The number of carbonyl (C=O) groups is 3. The summed E-state index contributed by atoms with van der Waals surface area (Å²) in [6.45, 7) is 3.54. The normalized spacial score (nSPS) is 32.9. The van der Waals surface area contributed by atoms with E-state index >= 15 is 0 Å². The van der Waals surface area contributed by atoms with Gasteiger partial charge >= 0.3 is 6.03 Å². The zero-order valence-electron chi connectivity index (χ0n) is 12.6. The van der Waals surface area contributed by atoms with Crippen molar-refractivity contribution in [3.8, 4) is 0 Å². The van der Waals surface area contributed by atoms with Crippen LogP contribution in [0.2, 0.25) is 0 Å². The number of hydrogen-bond acceptors (Lipinski definition) is 3. The largest absolute Gasteiger partial charge is 0.341 e. The quantitative estimate of drug-likeness (QED) is 0.775. The molecule has 2 saturated heterocycles. The van der Waals surface area contributed by atoms with Crippen molar-refractivity contribution in [2.45, 2.75) is 51.0 Å². The first kappa shape index (κ1) is 14.4. The van der Waals surface area contributed by atoms with E-state index in [1.165, 1.54) is 0 Å². The summed E-state index contributed by atoms with van der Waals surface area (Å²) in [6, 6.07) is -0.401. The average molecular weight is 293 g/mol. The predicted molar refractivity (Wildman–Crippen MR) is 76.4 cm³/mol. The molecule has 0 radical (unpaired) electrons. The Morgan fingerprint density at radius 3 is 2.48 bits per heavy atom. The van der Waals surface area contributed by atoms with Crippen molar-refractivity contribution in [2.75, 3.05) is 19.6 Å². The Bertz CT molecular complexity index is 463. The maximum atomic E-state index is 12.6. The number of rotatable bonds is 2. The third kappa shape index (κ3) is 2.51. The second-order valence-corrected chi connectivity index (χ2v) is 6.67. The van der Waals surface area contributed by atoms with Gasteiger partial charge in [-0.3, -0.25) is 14.5 Å². The minimum Gasteiger partial charge on any atom is -0.341 e. The van der Waals surface area contributed by atoms with Gasteiger partial charge in [0, 0.05) is 13.1 Å². The van der Waals surface area contributed by atoms with Crippen molar-refractivity contribution < 1.29 is 14.4 Å². The smallest absolute Gasteiger partial charge is 0.325 e. The summed E-state index contributed by atoms with van der Waals surface area (Å²) in [5, 5.41) is 2.85. The van der Waals surface area contributed by atoms with E-state index in [1.54, 1.807) is 4.90 Å². The number of nitrogens with one attached hydrogen (secondary N) is 1. The first-order chi connectivity index (χ1) is 10.0. The van der Waals surface area contributed by atoms with Crippen molar-refractivity contribution in [2.24, 2.45) is 5.92 Å². The molecule has 0 atom stereocenters. The minimum absolute atomic E-state index is 0.109. The van der Waals surface area contributed by atoms with Gasteiger partial charge in [0.15, 0.2) is 0 Å². The molecule has 6 nitrogen and oxygen atoms in total. The SMILES string of the molecule is CC1CCC2(CC1)NC(=O)N(CC(=O)N1CCCC1)C2=O. The summed E-state index contributed by atoms with van der Waals surface area (Å²) in [5.41, 5.74) is -0.741. The van der Waals surface area contributed by atoms with Crippen LogP contribution in [0.5, 0.6) is 0 Å². The van der Waals surface area contributed by atoms with Crippen LogP contribution in [0.1, 0.15) is 45.4 Å². The van der Waals surface area contributed by atoms with Crippen LogP contribution in [0.25, 0.3) is 0 Å². The summed E-state index contributed by atoms with van der Waals surface area (Å²) in [7, 11) is 0. The average Bonchev–Trinajstić information content (AvgIpc) is 3.06. The Morgan fingerprint density at radius 1 is 1.24 bits per heavy atom. The van der Waals surface area contributed by atoms with E-state index in [-0.39, 0.29) is 18.4 Å². The third-order valence-electron chi connectivity index (χ3n) is 5.13. The summed E-state index contributed by atoms with van der Waals surface area (Å²) in [4.78, 5) is 39.8. The van der Waals surface area contributed by atoms with Crippen LogP contribution in [0.4, 0.5) is 4.79 Å². The molecule has 6 heteroatoms. The second-order valence-electron chi connectivity index (χ2n) is 6.67. The van der Waals surface area contributed by atoms with Crippen molar-refractivity contribution >= 4 is 17.8 Å². The van der Waals surface area contributed by atoms with Crippen LogP contribution in [0.15, 0.2) is 0 Å². The molecule has 0 aromatic carbocycles. The second kappa shape index (κ2) is 5.31. The fourth-order valence-electron chi connectivity index (χ4n) is 3.62. The molecule has 1 aliphatic carbocycles. The van der Waals surface area contributed by atoms with Crippen molar-refractivity contribution in [1.29, 1.82) is 0 Å². The lowest BCUT2D eigenvalue weighted by molar-refractivity contribution is -0.139. The topological polar surface area (TPSA) is 69.7 Å². The maximum absolute atomic E-state index is 12.6. The molecule has 21 heavy (non-hydrogen) atoms. The zero-order chi connectivity index (χ0) is 15.0. The monoisotopic (exact) mass is 293 g/mol. The van der Waals surface area contributed by atoms with Crippen LogP contribution in [-0.4, -0.2) is 52.8 Å². The summed E-state index contributed by atoms with van der Waals surface area (Å²) in [5.74, 6) is 0.282. The van der Waals surface area contributed by atoms with Gasteiger partial charge in [-0.05, 0) is 44.4 Å². The number of amides is 4. The highest BCUT2D eigenvalue weighted by molar-refractivity contribution is 6.09. The molecule has 2 heterocycles. The van der Waals surface area contributed by atoms with E-state index in [0.717, 1.165) is 43.7 Å². The number of nitrogens with zero attached hydrogens (tertiary/aromatic N) is 2. The highest BCUT2D eigenvalue weighted by atomic mass is 16.2. The van der Waals surface area contributed by atoms with Gasteiger partial charge in [-0.15, -0.1) is 0 Å². The molecule has 0 unspecified atom stereocenters. The highest BCUT2D eigenvalue weighted by Gasteiger charge is 2.52. The molecule has 4 amide bonds. The number of carbonyl (C=O) groups excluding carboxylic acids is 3. The minimum atomic E-state index is -0.741. The molecule has 2 aliphatic heterocycles. The Morgan fingerprint density at radius 2 is 1.86 bits per heavy atom. The maximum Gasteiger partial charge on any atom is 0.325 e. The molecule has 1 saturated carbocycles. The fraction of sp³-hybridized carbons (Fsp3) is 0.800. The molecular formula is C15H23N3O3. The van der Waals surface area contributed by atoms with E-state index in [9.17, 15) is 14.4 Å². The molecular weight excluding hydrogens is 270 g/mol. The fourth-order valence-corrected chi connectivity index (χ4v) is 3.62. The van der Waals surface area contributed by atoms with Gasteiger partial charge in [-0.2, -0.15) is 0 Å². The first-order valence-electron chi connectivity index (χ1n) is 7.94. The molecule has 0 bridgehead atoms. The van der Waals surface area contributed by atoms with Gasteiger partial charge in [0.05, 0.1) is 0 Å². The van der Waals surface area contributed by atoms with E-state index in [1.807, 2.05) is 0 Å². The molecule has 0 aromatic rings. The van der Waals surface area contributed by atoms with Gasteiger partial charge in [0.1, 0.15) is 12.1 Å². The molecule has 0 aromatic heterocycles. The summed E-state index contributed by atoms with van der Waals surface area (Å²) in [6.07, 6.45) is 5.28. The van der Waals surface area contributed by atoms with E-state index < -0.39 is 11.6 Å². The number of likely N-dealkylation sites (tertiary alicyclic amines) is 1. The van der Waals surface area contributed by atoms with Crippen molar-refractivity contribution in [1.82, 2.24) is 15.1 Å². The van der Waals surface area contributed by atoms with E-state index in [2.05, 4.69) is 12.2 Å². The number of imide groups is 1.